The molecule has 7 nitrogen and oxygen atoms in total. The van der Waals surface area contributed by atoms with Crippen molar-refractivity contribution in [2.24, 2.45) is 0 Å². The first-order valence-electron chi connectivity index (χ1n) is 8.46. The van der Waals surface area contributed by atoms with Crippen LogP contribution in [0.3, 0.4) is 0 Å². The predicted octanol–water partition coefficient (Wildman–Crippen LogP) is 2.17. The summed E-state index contributed by atoms with van der Waals surface area (Å²) in [5, 5.41) is 5.94. The van der Waals surface area contributed by atoms with Crippen LogP contribution in [-0.4, -0.2) is 56.3 Å². The van der Waals surface area contributed by atoms with E-state index in [2.05, 4.69) is 10.6 Å². The molecule has 2 rings (SSSR count). The highest BCUT2D eigenvalue weighted by atomic mass is 35.5. The summed E-state index contributed by atoms with van der Waals surface area (Å²) in [6.07, 6.45) is 0. The molecule has 142 valence electrons. The molecule has 1 heterocycles. The first-order chi connectivity index (χ1) is 12.4. The number of benzene rings is 1. The molecule has 0 bridgehead atoms. The van der Waals surface area contributed by atoms with E-state index < -0.39 is 12.0 Å². The second kappa shape index (κ2) is 9.45. The van der Waals surface area contributed by atoms with Crippen molar-refractivity contribution in [3.63, 3.8) is 0 Å². The Labute approximate surface area is 158 Å². The average Bonchev–Trinajstić information content (AvgIpc) is 2.56. The Morgan fingerprint density at radius 1 is 1.35 bits per heavy atom. The van der Waals surface area contributed by atoms with E-state index in [1.54, 1.807) is 26.0 Å². The number of nitrogens with zero attached hydrogens (tertiary/aromatic N) is 1. The molecule has 0 saturated carbocycles. The number of urea groups is 1. The maximum absolute atomic E-state index is 12.2. The fourth-order valence-corrected chi connectivity index (χ4v) is 2.82. The number of carbonyl (C=O) groups is 2. The SMILES string of the molecule is CCOC(=O)C1=C(CN(C)CCOc2ccccc2Cl)NC(=O)N[C@H]1C. The molecule has 0 radical (unpaired) electrons. The zero-order chi connectivity index (χ0) is 19.1. The highest BCUT2D eigenvalue weighted by Crippen LogP contribution is 2.23. The molecular formula is C18H24ClN3O4. The third-order valence-electron chi connectivity index (χ3n) is 3.86. The van der Waals surface area contributed by atoms with Crippen LogP contribution in [0.4, 0.5) is 4.79 Å². The lowest BCUT2D eigenvalue weighted by Crippen LogP contribution is -2.51. The van der Waals surface area contributed by atoms with Crippen LogP contribution in [0.1, 0.15) is 13.8 Å². The van der Waals surface area contributed by atoms with Crippen LogP contribution in [-0.2, 0) is 9.53 Å². The van der Waals surface area contributed by atoms with Gasteiger partial charge >= 0.3 is 12.0 Å². The zero-order valence-corrected chi connectivity index (χ0v) is 15.9. The van der Waals surface area contributed by atoms with Gasteiger partial charge in [0.15, 0.2) is 0 Å². The summed E-state index contributed by atoms with van der Waals surface area (Å²) < 4.78 is 10.8. The summed E-state index contributed by atoms with van der Waals surface area (Å²) in [4.78, 5) is 25.9. The van der Waals surface area contributed by atoms with Gasteiger partial charge in [-0.05, 0) is 33.0 Å². The van der Waals surface area contributed by atoms with Gasteiger partial charge in [0.2, 0.25) is 0 Å². The van der Waals surface area contributed by atoms with Crippen molar-refractivity contribution in [1.82, 2.24) is 15.5 Å². The Hall–Kier alpha value is -2.25. The lowest BCUT2D eigenvalue weighted by molar-refractivity contribution is -0.139. The number of halogens is 1. The monoisotopic (exact) mass is 381 g/mol. The minimum Gasteiger partial charge on any atom is -0.491 e. The van der Waals surface area contributed by atoms with Gasteiger partial charge in [-0.2, -0.15) is 0 Å². The van der Waals surface area contributed by atoms with Gasteiger partial charge in [0.05, 0.1) is 23.2 Å². The molecule has 26 heavy (non-hydrogen) atoms. The van der Waals surface area contributed by atoms with Gasteiger partial charge in [-0.3, -0.25) is 4.90 Å². The number of esters is 1. The molecule has 2 N–H and O–H groups in total. The van der Waals surface area contributed by atoms with Crippen LogP contribution < -0.4 is 15.4 Å². The fourth-order valence-electron chi connectivity index (χ4n) is 2.63. The zero-order valence-electron chi connectivity index (χ0n) is 15.2. The number of para-hydroxylation sites is 1. The molecule has 0 aromatic heterocycles. The van der Waals surface area contributed by atoms with Crippen molar-refractivity contribution < 1.29 is 19.1 Å². The summed E-state index contributed by atoms with van der Waals surface area (Å²) in [6, 6.07) is 6.52. The van der Waals surface area contributed by atoms with Crippen molar-refractivity contribution in [2.75, 3.05) is 33.4 Å². The third kappa shape index (κ3) is 5.37. The number of nitrogens with one attached hydrogen (secondary N) is 2. The van der Waals surface area contributed by atoms with E-state index in [0.717, 1.165) is 0 Å². The standard InChI is InChI=1S/C18H24ClN3O4/c1-4-25-17(23)16-12(2)20-18(24)21-14(16)11-22(3)9-10-26-15-8-6-5-7-13(15)19/h5-8,12H,4,9-11H2,1-3H3,(H2,20,21,24)/t12-/m0/s1. The van der Waals surface area contributed by atoms with Crippen LogP contribution >= 0.6 is 11.6 Å². The minimum absolute atomic E-state index is 0.276. The number of amides is 2. The van der Waals surface area contributed by atoms with Gasteiger partial charge in [0.1, 0.15) is 12.4 Å². The number of hydrogen-bond acceptors (Lipinski definition) is 5. The number of carbonyl (C=O) groups excluding carboxylic acids is 2. The van der Waals surface area contributed by atoms with Crippen LogP contribution in [0.15, 0.2) is 35.5 Å². The fraction of sp³-hybridized carbons (Fsp3) is 0.444. The quantitative estimate of drug-likeness (QED) is 0.674. The Morgan fingerprint density at radius 3 is 2.77 bits per heavy atom. The smallest absolute Gasteiger partial charge is 0.337 e. The highest BCUT2D eigenvalue weighted by Gasteiger charge is 2.29. The minimum atomic E-state index is -0.428. The molecule has 0 fully saturated rings. The van der Waals surface area contributed by atoms with Crippen LogP contribution in [0, 0.1) is 0 Å². The maximum Gasteiger partial charge on any atom is 0.337 e. The number of ether oxygens (including phenoxy) is 2. The average molecular weight is 382 g/mol. The summed E-state index contributed by atoms with van der Waals surface area (Å²) >= 11 is 6.06. The Balaban J connectivity index is 1.98. The molecular weight excluding hydrogens is 358 g/mol. The van der Waals surface area contributed by atoms with E-state index in [9.17, 15) is 9.59 Å². The van der Waals surface area contributed by atoms with Gasteiger partial charge in [-0.25, -0.2) is 9.59 Å². The van der Waals surface area contributed by atoms with E-state index in [0.29, 0.717) is 41.7 Å². The summed E-state index contributed by atoms with van der Waals surface area (Å²) in [7, 11) is 1.88. The van der Waals surface area contributed by atoms with Gasteiger partial charge in [0.25, 0.3) is 0 Å². The van der Waals surface area contributed by atoms with Gasteiger partial charge in [0, 0.05) is 18.8 Å². The summed E-state index contributed by atoms with van der Waals surface area (Å²) in [5.74, 6) is 0.195. The lowest BCUT2D eigenvalue weighted by Gasteiger charge is -2.29. The molecule has 1 aromatic rings. The molecule has 0 saturated heterocycles. The molecule has 0 unspecified atom stereocenters. The molecule has 1 atom stereocenters. The van der Waals surface area contributed by atoms with Gasteiger partial charge in [-0.15, -0.1) is 0 Å². The third-order valence-corrected chi connectivity index (χ3v) is 4.17. The molecule has 1 aliphatic rings. The molecule has 2 amide bonds. The van der Waals surface area contributed by atoms with Crippen LogP contribution in [0.2, 0.25) is 5.02 Å². The van der Waals surface area contributed by atoms with E-state index in [1.807, 2.05) is 24.1 Å². The first kappa shape index (κ1) is 20.1. The van der Waals surface area contributed by atoms with Crippen LogP contribution in [0.25, 0.3) is 0 Å². The van der Waals surface area contributed by atoms with Crippen molar-refractivity contribution in [3.8, 4) is 5.75 Å². The van der Waals surface area contributed by atoms with E-state index >= 15 is 0 Å². The molecule has 0 spiro atoms. The van der Waals surface area contributed by atoms with Crippen LogP contribution in [0.5, 0.6) is 5.75 Å². The van der Waals surface area contributed by atoms with Crippen molar-refractivity contribution >= 4 is 23.6 Å². The van der Waals surface area contributed by atoms with E-state index in [-0.39, 0.29) is 12.6 Å². The van der Waals surface area contributed by atoms with Crippen molar-refractivity contribution in [3.05, 3.63) is 40.6 Å². The molecule has 1 aliphatic heterocycles. The van der Waals surface area contributed by atoms with E-state index in [4.69, 9.17) is 21.1 Å². The number of rotatable bonds is 8. The lowest BCUT2D eigenvalue weighted by atomic mass is 10.0. The molecule has 1 aromatic carbocycles. The summed E-state index contributed by atoms with van der Waals surface area (Å²) in [6.45, 7) is 5.17. The normalized spacial score (nSPS) is 17.0. The number of hydrogen-bond donors (Lipinski definition) is 2. The number of likely N-dealkylation sites (N-methyl/N-ethyl adjacent to an activating group) is 1. The maximum atomic E-state index is 12.2. The molecule has 8 heteroatoms. The van der Waals surface area contributed by atoms with Gasteiger partial charge in [-0.1, -0.05) is 23.7 Å². The Bertz CT molecular complexity index is 693. The first-order valence-corrected chi connectivity index (χ1v) is 8.83. The Morgan fingerprint density at radius 2 is 2.08 bits per heavy atom. The molecule has 0 aliphatic carbocycles. The predicted molar refractivity (Wildman–Crippen MR) is 99.2 cm³/mol. The second-order valence-corrected chi connectivity index (χ2v) is 6.36. The van der Waals surface area contributed by atoms with Gasteiger partial charge < -0.3 is 20.1 Å². The topological polar surface area (TPSA) is 79.9 Å². The Kier molecular flexibility index (Phi) is 7.29. The second-order valence-electron chi connectivity index (χ2n) is 5.95. The van der Waals surface area contributed by atoms with Crippen molar-refractivity contribution in [1.29, 1.82) is 0 Å². The largest absolute Gasteiger partial charge is 0.491 e. The summed E-state index contributed by atoms with van der Waals surface area (Å²) in [5.41, 5.74) is 0.977. The van der Waals surface area contributed by atoms with Crippen molar-refractivity contribution in [2.45, 2.75) is 19.9 Å². The van der Waals surface area contributed by atoms with E-state index in [1.165, 1.54) is 0 Å². The highest BCUT2D eigenvalue weighted by molar-refractivity contribution is 6.32.